The Bertz CT molecular complexity index is 865. The van der Waals surface area contributed by atoms with E-state index in [-0.39, 0.29) is 0 Å². The van der Waals surface area contributed by atoms with Crippen LogP contribution in [0, 0.1) is 6.92 Å². The zero-order valence-corrected chi connectivity index (χ0v) is 18.9. The molecule has 4 rings (SSSR count). The molecule has 4 aromatic rings. The first kappa shape index (κ1) is 20.5. The molecule has 0 saturated carbocycles. The third kappa shape index (κ3) is 4.79. The zero-order chi connectivity index (χ0) is 19.8. The van der Waals surface area contributed by atoms with Crippen LogP contribution in [0.2, 0.25) is 0 Å². The molecule has 0 atom stereocenters. The predicted molar refractivity (Wildman–Crippen MR) is 131 cm³/mol. The fourth-order valence-corrected chi connectivity index (χ4v) is 7.23. The summed E-state index contributed by atoms with van der Waals surface area (Å²) in [6, 6.07) is 40.9. The molecule has 0 radical (unpaired) electrons. The maximum absolute atomic E-state index is 3.40. The second-order valence-corrected chi connectivity index (χ2v) is 11.8. The van der Waals surface area contributed by atoms with Gasteiger partial charge in [0, 0.05) is 4.47 Å². The number of halogens is 1. The first-order valence-corrected chi connectivity index (χ1v) is 12.8. The molecule has 0 saturated heterocycles. The van der Waals surface area contributed by atoms with Crippen molar-refractivity contribution >= 4 is 39.1 Å². The summed E-state index contributed by atoms with van der Waals surface area (Å²) < 4.78 is 1.18. The van der Waals surface area contributed by atoms with Crippen LogP contribution in [0.1, 0.15) is 5.56 Å². The molecular weight excluding hydrogens is 423 g/mol. The minimum Gasteiger partial charge on any atom is -0.0619 e. The molecule has 4 aromatic carbocycles. The van der Waals surface area contributed by atoms with Crippen LogP contribution < -0.4 is 15.9 Å². The van der Waals surface area contributed by atoms with Gasteiger partial charge in [0.2, 0.25) is 0 Å². The summed E-state index contributed by atoms with van der Waals surface area (Å²) in [5, 5.41) is 4.37. The van der Waals surface area contributed by atoms with Gasteiger partial charge >= 0.3 is 121 Å². The van der Waals surface area contributed by atoms with Gasteiger partial charge in [0.25, 0.3) is 0 Å². The van der Waals surface area contributed by atoms with Crippen molar-refractivity contribution in [3.8, 4) is 0 Å². The summed E-state index contributed by atoms with van der Waals surface area (Å²) in [7, 11) is -1.88. The molecule has 0 aliphatic heterocycles. The largest absolute Gasteiger partial charge is 0.0619 e. The number of aryl methyl sites for hydroxylation is 1. The Morgan fingerprint density at radius 2 is 0.821 bits per heavy atom. The molecular formula is C26H26BrP. The first-order chi connectivity index (χ1) is 13.6. The molecule has 0 fully saturated rings. The zero-order valence-electron chi connectivity index (χ0n) is 16.3. The van der Waals surface area contributed by atoms with Crippen LogP contribution in [0.4, 0.5) is 0 Å². The van der Waals surface area contributed by atoms with Crippen LogP contribution >= 0.6 is 23.2 Å². The van der Waals surface area contributed by atoms with Gasteiger partial charge in [-0.05, 0) is 18.6 Å². The monoisotopic (exact) mass is 448 g/mol. The first-order valence-electron chi connectivity index (χ1n) is 9.50. The SMILES string of the molecule is C[PH](c1ccccc1)(c1ccccc1)c1ccccc1.Cc1ccccc1Br. The number of benzene rings is 4. The van der Waals surface area contributed by atoms with Crippen LogP contribution in [0.15, 0.2) is 120 Å². The Morgan fingerprint density at radius 3 is 1.11 bits per heavy atom. The molecule has 2 heteroatoms. The Labute approximate surface area is 177 Å². The second-order valence-electron chi connectivity index (χ2n) is 6.97. The Hall–Kier alpha value is -2.21. The van der Waals surface area contributed by atoms with Crippen molar-refractivity contribution in [1.82, 2.24) is 0 Å². The molecule has 0 amide bonds. The van der Waals surface area contributed by atoms with Crippen LogP contribution in [0.25, 0.3) is 0 Å². The molecule has 28 heavy (non-hydrogen) atoms. The Balaban J connectivity index is 0.000000236. The molecule has 0 spiro atoms. The van der Waals surface area contributed by atoms with E-state index in [1.165, 1.54) is 25.9 Å². The molecule has 0 unspecified atom stereocenters. The van der Waals surface area contributed by atoms with Gasteiger partial charge in [0.15, 0.2) is 0 Å². The fraction of sp³-hybridized carbons (Fsp3) is 0.0769. The second kappa shape index (κ2) is 9.82. The molecule has 0 N–H and O–H groups in total. The summed E-state index contributed by atoms with van der Waals surface area (Å²) >= 11 is 3.40. The van der Waals surface area contributed by atoms with E-state index in [9.17, 15) is 0 Å². The van der Waals surface area contributed by atoms with Crippen molar-refractivity contribution in [3.05, 3.63) is 125 Å². The molecule has 0 nitrogen and oxygen atoms in total. The van der Waals surface area contributed by atoms with E-state index in [1.54, 1.807) is 0 Å². The van der Waals surface area contributed by atoms with Crippen molar-refractivity contribution in [3.63, 3.8) is 0 Å². The summed E-state index contributed by atoms with van der Waals surface area (Å²) in [6.45, 7) is 4.51. The van der Waals surface area contributed by atoms with E-state index in [0.29, 0.717) is 0 Å². The average Bonchev–Trinajstić information content (AvgIpc) is 2.77. The predicted octanol–water partition coefficient (Wildman–Crippen LogP) is 6.10. The van der Waals surface area contributed by atoms with Crippen molar-refractivity contribution in [2.24, 2.45) is 0 Å². The van der Waals surface area contributed by atoms with Gasteiger partial charge in [-0.2, -0.15) is 0 Å². The van der Waals surface area contributed by atoms with Gasteiger partial charge in [-0.15, -0.1) is 0 Å². The van der Waals surface area contributed by atoms with E-state index in [2.05, 4.69) is 127 Å². The molecule has 0 heterocycles. The van der Waals surface area contributed by atoms with E-state index in [0.717, 1.165) is 0 Å². The van der Waals surface area contributed by atoms with Gasteiger partial charge < -0.3 is 0 Å². The summed E-state index contributed by atoms with van der Waals surface area (Å²) in [5.74, 6) is 0. The van der Waals surface area contributed by atoms with Gasteiger partial charge in [-0.3, -0.25) is 0 Å². The number of hydrogen-bond acceptors (Lipinski definition) is 0. The van der Waals surface area contributed by atoms with Crippen molar-refractivity contribution < 1.29 is 0 Å². The van der Waals surface area contributed by atoms with E-state index >= 15 is 0 Å². The van der Waals surface area contributed by atoms with Crippen molar-refractivity contribution in [2.45, 2.75) is 6.92 Å². The molecule has 0 aliphatic rings. The molecule has 0 bridgehead atoms. The summed E-state index contributed by atoms with van der Waals surface area (Å²) in [5.41, 5.74) is 1.28. The third-order valence-corrected chi connectivity index (χ3v) is 10.5. The van der Waals surface area contributed by atoms with Crippen molar-refractivity contribution in [2.75, 3.05) is 6.66 Å². The fourth-order valence-electron chi connectivity index (χ4n) is 3.37. The standard InChI is InChI=1S/C19H19P.C7H7Br/c1-20(17-11-5-2-6-12-17,18-13-7-3-8-14-18)19-15-9-4-10-16-19;1-6-4-2-3-5-7(6)8/h2-16,20H,1H3;2-5H,1H3. The Morgan fingerprint density at radius 1 is 0.500 bits per heavy atom. The van der Waals surface area contributed by atoms with Gasteiger partial charge in [0.1, 0.15) is 0 Å². The van der Waals surface area contributed by atoms with Gasteiger partial charge in [-0.25, -0.2) is 0 Å². The van der Waals surface area contributed by atoms with Gasteiger partial charge in [-0.1, -0.05) is 34.1 Å². The number of hydrogen-bond donors (Lipinski definition) is 0. The normalized spacial score (nSPS) is 11.2. The smallest absolute Gasteiger partial charge is 0.0204 e. The molecule has 0 aliphatic carbocycles. The number of rotatable bonds is 3. The summed E-state index contributed by atoms with van der Waals surface area (Å²) in [6.07, 6.45) is 0. The summed E-state index contributed by atoms with van der Waals surface area (Å²) in [4.78, 5) is 0. The van der Waals surface area contributed by atoms with E-state index in [1.807, 2.05) is 18.2 Å². The van der Waals surface area contributed by atoms with E-state index in [4.69, 9.17) is 0 Å². The molecule has 142 valence electrons. The average molecular weight is 449 g/mol. The minimum atomic E-state index is -1.88. The quantitative estimate of drug-likeness (QED) is 0.332. The minimum absolute atomic E-state index is 1.18. The maximum Gasteiger partial charge on any atom is 0.0204 e. The van der Waals surface area contributed by atoms with Crippen molar-refractivity contribution in [1.29, 1.82) is 0 Å². The topological polar surface area (TPSA) is 0 Å². The Kier molecular flexibility index (Phi) is 7.20. The van der Waals surface area contributed by atoms with Crippen LogP contribution in [0.3, 0.4) is 0 Å². The van der Waals surface area contributed by atoms with Crippen LogP contribution in [-0.4, -0.2) is 6.66 Å². The van der Waals surface area contributed by atoms with Gasteiger partial charge in [0.05, 0.1) is 0 Å². The third-order valence-electron chi connectivity index (χ3n) is 5.13. The van der Waals surface area contributed by atoms with Crippen LogP contribution in [-0.2, 0) is 0 Å². The van der Waals surface area contributed by atoms with E-state index < -0.39 is 7.26 Å². The van der Waals surface area contributed by atoms with Crippen LogP contribution in [0.5, 0.6) is 0 Å². The maximum atomic E-state index is 3.40. The molecule has 0 aromatic heterocycles.